The van der Waals surface area contributed by atoms with Crippen LogP contribution in [0.2, 0.25) is 0 Å². The molecule has 8 heteroatoms. The molecule has 142 valence electrons. The van der Waals surface area contributed by atoms with E-state index in [1.165, 1.54) is 0 Å². The van der Waals surface area contributed by atoms with Crippen LogP contribution in [0.3, 0.4) is 0 Å². The summed E-state index contributed by atoms with van der Waals surface area (Å²) in [4.78, 5) is 23.9. The Morgan fingerprint density at radius 2 is 2.23 bits per heavy atom. The lowest BCUT2D eigenvalue weighted by Gasteiger charge is -2.39. The third-order valence-electron chi connectivity index (χ3n) is 4.60. The Hall–Kier alpha value is -1.96. The van der Waals surface area contributed by atoms with Gasteiger partial charge in [-0.1, -0.05) is 0 Å². The van der Waals surface area contributed by atoms with Crippen molar-refractivity contribution in [2.75, 3.05) is 30.8 Å². The van der Waals surface area contributed by atoms with Crippen LogP contribution in [-0.4, -0.2) is 52.7 Å². The molecular weight excluding hydrogens is 398 g/mol. The third kappa shape index (κ3) is 3.75. The number of hydrogen-bond acceptors (Lipinski definition) is 5. The number of nitrogens with one attached hydrogen (secondary N) is 1. The molecule has 1 saturated heterocycles. The maximum Gasteiger partial charge on any atom is 0.410 e. The molecule has 1 aliphatic rings. The molecule has 26 heavy (non-hydrogen) atoms. The zero-order chi connectivity index (χ0) is 19.1. The van der Waals surface area contributed by atoms with Crippen LogP contribution < -0.4 is 10.6 Å². The summed E-state index contributed by atoms with van der Waals surface area (Å²) in [5.41, 5.74) is 8.12. The fourth-order valence-electron chi connectivity index (χ4n) is 3.35. The number of aromatic nitrogens is 2. The molecule has 1 fully saturated rings. The highest BCUT2D eigenvalue weighted by molar-refractivity contribution is 9.10. The van der Waals surface area contributed by atoms with E-state index >= 15 is 0 Å². The van der Waals surface area contributed by atoms with Crippen molar-refractivity contribution >= 4 is 44.4 Å². The summed E-state index contributed by atoms with van der Waals surface area (Å²) in [5.74, 6) is 0. The van der Waals surface area contributed by atoms with Crippen LogP contribution in [0.1, 0.15) is 33.6 Å². The van der Waals surface area contributed by atoms with Crippen molar-refractivity contribution in [3.05, 3.63) is 16.9 Å². The van der Waals surface area contributed by atoms with E-state index in [1.807, 2.05) is 27.8 Å². The van der Waals surface area contributed by atoms with Crippen molar-refractivity contribution in [3.8, 4) is 0 Å². The van der Waals surface area contributed by atoms with Crippen molar-refractivity contribution in [2.45, 2.75) is 45.3 Å². The Balaban J connectivity index is 1.84. The average molecular weight is 424 g/mol. The lowest BCUT2D eigenvalue weighted by Crippen LogP contribution is -2.50. The minimum atomic E-state index is -0.500. The van der Waals surface area contributed by atoms with Gasteiger partial charge in [0.05, 0.1) is 27.3 Å². The van der Waals surface area contributed by atoms with Gasteiger partial charge in [0, 0.05) is 32.5 Å². The van der Waals surface area contributed by atoms with Gasteiger partial charge in [0.1, 0.15) is 11.2 Å². The van der Waals surface area contributed by atoms with Gasteiger partial charge in [-0.2, -0.15) is 0 Å². The Morgan fingerprint density at radius 1 is 1.50 bits per heavy atom. The number of pyridine rings is 1. The van der Waals surface area contributed by atoms with Crippen molar-refractivity contribution < 1.29 is 9.53 Å². The molecular formula is C18H26BrN5O2. The Labute approximate surface area is 162 Å². The Morgan fingerprint density at radius 3 is 2.92 bits per heavy atom. The molecule has 2 aromatic heterocycles. The van der Waals surface area contributed by atoms with Gasteiger partial charge in [0.2, 0.25) is 0 Å². The van der Waals surface area contributed by atoms with Gasteiger partial charge < -0.3 is 25.3 Å². The molecule has 1 aliphatic heterocycles. The van der Waals surface area contributed by atoms with Crippen LogP contribution in [-0.2, 0) is 4.74 Å². The fourth-order valence-corrected chi connectivity index (χ4v) is 3.90. The van der Waals surface area contributed by atoms with Crippen molar-refractivity contribution in [1.82, 2.24) is 14.9 Å². The number of hydrogen-bond donors (Lipinski definition) is 2. The molecule has 3 N–H and O–H groups in total. The SMILES string of the molecule is CN(C(=O)OC(C)(C)C)C1CCCN(c2c(Br)cnc3[nH]cc(N)c23)C1. The van der Waals surface area contributed by atoms with Crippen molar-refractivity contribution in [1.29, 1.82) is 0 Å². The number of nitrogens with zero attached hydrogens (tertiary/aromatic N) is 3. The van der Waals surface area contributed by atoms with E-state index in [1.54, 1.807) is 17.3 Å². The summed E-state index contributed by atoms with van der Waals surface area (Å²) in [7, 11) is 1.81. The van der Waals surface area contributed by atoms with E-state index in [4.69, 9.17) is 10.5 Å². The van der Waals surface area contributed by atoms with Gasteiger partial charge in [0.15, 0.2) is 0 Å². The molecule has 0 aromatic carbocycles. The summed E-state index contributed by atoms with van der Waals surface area (Å²) < 4.78 is 6.42. The minimum Gasteiger partial charge on any atom is -0.444 e. The largest absolute Gasteiger partial charge is 0.444 e. The number of H-pyrrole nitrogens is 1. The van der Waals surface area contributed by atoms with Crippen molar-refractivity contribution in [2.24, 2.45) is 0 Å². The fraction of sp³-hybridized carbons (Fsp3) is 0.556. The molecule has 2 aromatic rings. The number of halogens is 1. The highest BCUT2D eigenvalue weighted by Gasteiger charge is 2.31. The first-order chi connectivity index (χ1) is 12.2. The predicted molar refractivity (Wildman–Crippen MR) is 107 cm³/mol. The number of nitrogen functional groups attached to an aromatic ring is 1. The quantitative estimate of drug-likeness (QED) is 0.767. The summed E-state index contributed by atoms with van der Waals surface area (Å²) >= 11 is 3.62. The maximum atomic E-state index is 12.4. The van der Waals surface area contributed by atoms with E-state index in [9.17, 15) is 4.79 Å². The first kappa shape index (κ1) is 18.8. The van der Waals surface area contributed by atoms with E-state index in [-0.39, 0.29) is 12.1 Å². The first-order valence-electron chi connectivity index (χ1n) is 8.79. The minimum absolute atomic E-state index is 0.0777. The number of ether oxygens (including phenoxy) is 1. The number of fused-ring (bicyclic) bond motifs is 1. The molecule has 1 amide bonds. The Kier molecular flexibility index (Phi) is 5.05. The average Bonchev–Trinajstić information content (AvgIpc) is 2.94. The number of nitrogens with two attached hydrogens (primary N) is 1. The number of likely N-dealkylation sites (N-methyl/N-ethyl adjacent to an activating group) is 1. The molecule has 0 saturated carbocycles. The molecule has 0 aliphatic carbocycles. The van der Waals surface area contributed by atoms with Crippen LogP contribution in [0.15, 0.2) is 16.9 Å². The van der Waals surface area contributed by atoms with E-state index in [0.717, 1.165) is 47.1 Å². The number of carbonyl (C=O) groups is 1. The zero-order valence-electron chi connectivity index (χ0n) is 15.7. The second-order valence-corrected chi connectivity index (χ2v) is 8.61. The van der Waals surface area contributed by atoms with Crippen LogP contribution in [0, 0.1) is 0 Å². The number of piperidine rings is 1. The van der Waals surface area contributed by atoms with E-state index in [2.05, 4.69) is 30.8 Å². The maximum absolute atomic E-state index is 12.4. The van der Waals surface area contributed by atoms with Gasteiger partial charge in [0.25, 0.3) is 0 Å². The molecule has 3 heterocycles. The third-order valence-corrected chi connectivity index (χ3v) is 5.18. The van der Waals surface area contributed by atoms with E-state index < -0.39 is 5.60 Å². The lowest BCUT2D eigenvalue weighted by atomic mass is 10.0. The number of carbonyl (C=O) groups excluding carboxylic acids is 1. The molecule has 1 unspecified atom stereocenters. The Bertz CT molecular complexity index is 814. The van der Waals surface area contributed by atoms with Gasteiger partial charge in [-0.15, -0.1) is 0 Å². The summed E-state index contributed by atoms with van der Waals surface area (Å²) in [6.45, 7) is 7.27. The van der Waals surface area contributed by atoms with Gasteiger partial charge in [-0.3, -0.25) is 0 Å². The second kappa shape index (κ2) is 6.98. The predicted octanol–water partition coefficient (Wildman–Crippen LogP) is 3.74. The van der Waals surface area contributed by atoms with Gasteiger partial charge in [-0.05, 0) is 49.5 Å². The molecule has 0 bridgehead atoms. The normalized spacial score (nSPS) is 18.2. The molecule has 1 atom stereocenters. The first-order valence-corrected chi connectivity index (χ1v) is 9.58. The summed E-state index contributed by atoms with van der Waals surface area (Å²) in [6, 6.07) is 0.0777. The number of aromatic amines is 1. The highest BCUT2D eigenvalue weighted by Crippen LogP contribution is 2.38. The van der Waals surface area contributed by atoms with Crippen LogP contribution in [0.25, 0.3) is 11.0 Å². The molecule has 3 rings (SSSR count). The van der Waals surface area contributed by atoms with Crippen LogP contribution in [0.4, 0.5) is 16.2 Å². The topological polar surface area (TPSA) is 87.5 Å². The van der Waals surface area contributed by atoms with Gasteiger partial charge in [-0.25, -0.2) is 9.78 Å². The number of amides is 1. The van der Waals surface area contributed by atoms with Crippen LogP contribution in [0.5, 0.6) is 0 Å². The number of rotatable bonds is 2. The van der Waals surface area contributed by atoms with Gasteiger partial charge >= 0.3 is 6.09 Å². The highest BCUT2D eigenvalue weighted by atomic mass is 79.9. The smallest absolute Gasteiger partial charge is 0.410 e. The second-order valence-electron chi connectivity index (χ2n) is 7.76. The lowest BCUT2D eigenvalue weighted by molar-refractivity contribution is 0.0210. The zero-order valence-corrected chi connectivity index (χ0v) is 17.3. The monoisotopic (exact) mass is 423 g/mol. The van der Waals surface area contributed by atoms with E-state index in [0.29, 0.717) is 5.69 Å². The molecule has 7 nitrogen and oxygen atoms in total. The van der Waals surface area contributed by atoms with Crippen LogP contribution >= 0.6 is 15.9 Å². The molecule has 0 spiro atoms. The van der Waals surface area contributed by atoms with Crippen molar-refractivity contribution in [3.63, 3.8) is 0 Å². The number of anilines is 2. The standard InChI is InChI=1S/C18H26BrN5O2/c1-18(2,3)26-17(25)23(4)11-6-5-7-24(10-11)15-12(19)8-21-16-14(15)13(20)9-22-16/h8-9,11H,5-7,10,20H2,1-4H3,(H,21,22). The summed E-state index contributed by atoms with van der Waals surface area (Å²) in [6.07, 6.45) is 5.19. The molecule has 0 radical (unpaired) electrons. The summed E-state index contributed by atoms with van der Waals surface area (Å²) in [5, 5.41) is 0.917.